The molecule has 2 heterocycles. The topological polar surface area (TPSA) is 63.7 Å². The van der Waals surface area contributed by atoms with Gasteiger partial charge in [0.05, 0.1) is 19.8 Å². The van der Waals surface area contributed by atoms with Gasteiger partial charge in [-0.25, -0.2) is 4.79 Å². The molecule has 1 N–H and O–H groups in total. The number of methoxy groups -OCH3 is 1. The van der Waals surface area contributed by atoms with E-state index < -0.39 is 0 Å². The summed E-state index contributed by atoms with van der Waals surface area (Å²) in [4.78, 5) is 18.4. The average Bonchev–Trinajstić information content (AvgIpc) is 2.71. The Balaban J connectivity index is 1.46. The van der Waals surface area contributed by atoms with E-state index in [2.05, 4.69) is 10.3 Å². The fourth-order valence-corrected chi connectivity index (χ4v) is 3.03. The number of amides is 2. The van der Waals surface area contributed by atoms with E-state index in [1.54, 1.807) is 19.5 Å². The predicted octanol–water partition coefficient (Wildman–Crippen LogP) is 2.98. The number of piperidine rings is 1. The zero-order valence-corrected chi connectivity index (χ0v) is 15.1. The van der Waals surface area contributed by atoms with E-state index in [0.717, 1.165) is 36.3 Å². The third-order valence-electron chi connectivity index (χ3n) is 4.45. The van der Waals surface area contributed by atoms with Gasteiger partial charge in [0.25, 0.3) is 0 Å². The maximum Gasteiger partial charge on any atom is 0.317 e. The lowest BCUT2D eigenvalue weighted by atomic mass is 10.1. The van der Waals surface area contributed by atoms with E-state index in [4.69, 9.17) is 9.47 Å². The fraction of sp³-hybridized carbons (Fsp3) is 0.400. The van der Waals surface area contributed by atoms with Crippen LogP contribution in [-0.4, -0.2) is 42.2 Å². The summed E-state index contributed by atoms with van der Waals surface area (Å²) in [5.41, 5.74) is 2.06. The molecule has 1 atom stereocenters. The standard InChI is InChI=1S/C20H25N3O3/c1-25-18-7-2-5-16(11-18)13-22-20(24)23-10-4-8-19(14-23)26-15-17-6-3-9-21-12-17/h2-3,5-7,9,11-12,19H,4,8,10,13-15H2,1H3,(H,22,24). The van der Waals surface area contributed by atoms with E-state index in [-0.39, 0.29) is 12.1 Å². The van der Waals surface area contributed by atoms with Gasteiger partial charge in [0.2, 0.25) is 0 Å². The minimum Gasteiger partial charge on any atom is -0.497 e. The van der Waals surface area contributed by atoms with E-state index >= 15 is 0 Å². The van der Waals surface area contributed by atoms with Crippen molar-refractivity contribution in [2.75, 3.05) is 20.2 Å². The highest BCUT2D eigenvalue weighted by Crippen LogP contribution is 2.16. The van der Waals surface area contributed by atoms with Crippen LogP contribution >= 0.6 is 0 Å². The Bertz CT molecular complexity index is 708. The molecular formula is C20H25N3O3. The number of rotatable bonds is 6. The lowest BCUT2D eigenvalue weighted by Gasteiger charge is -2.32. The molecule has 1 aliphatic heterocycles. The van der Waals surface area contributed by atoms with Crippen LogP contribution in [-0.2, 0) is 17.9 Å². The Morgan fingerprint density at radius 2 is 2.19 bits per heavy atom. The average molecular weight is 355 g/mol. The lowest BCUT2D eigenvalue weighted by Crippen LogP contribution is -2.47. The molecule has 6 heteroatoms. The molecule has 1 aromatic carbocycles. The van der Waals surface area contributed by atoms with Gasteiger partial charge in [-0.2, -0.15) is 0 Å². The quantitative estimate of drug-likeness (QED) is 0.865. The van der Waals surface area contributed by atoms with Crippen molar-refractivity contribution < 1.29 is 14.3 Å². The van der Waals surface area contributed by atoms with Crippen molar-refractivity contribution in [2.24, 2.45) is 0 Å². The van der Waals surface area contributed by atoms with E-state index in [9.17, 15) is 4.79 Å². The van der Waals surface area contributed by atoms with E-state index in [0.29, 0.717) is 19.7 Å². The van der Waals surface area contributed by atoms with Crippen LogP contribution in [0.2, 0.25) is 0 Å². The van der Waals surface area contributed by atoms with Crippen LogP contribution in [0.3, 0.4) is 0 Å². The summed E-state index contributed by atoms with van der Waals surface area (Å²) in [6, 6.07) is 11.5. The summed E-state index contributed by atoms with van der Waals surface area (Å²) in [6.45, 7) is 2.38. The highest BCUT2D eigenvalue weighted by Gasteiger charge is 2.24. The van der Waals surface area contributed by atoms with Crippen LogP contribution in [0.4, 0.5) is 4.79 Å². The van der Waals surface area contributed by atoms with Gasteiger partial charge in [0.15, 0.2) is 0 Å². The number of carbonyl (C=O) groups excluding carboxylic acids is 1. The Labute approximate surface area is 154 Å². The Morgan fingerprint density at radius 3 is 3.00 bits per heavy atom. The largest absolute Gasteiger partial charge is 0.497 e. The summed E-state index contributed by atoms with van der Waals surface area (Å²) in [5.74, 6) is 0.790. The summed E-state index contributed by atoms with van der Waals surface area (Å²) >= 11 is 0. The van der Waals surface area contributed by atoms with Gasteiger partial charge in [-0.05, 0) is 42.2 Å². The van der Waals surface area contributed by atoms with Crippen molar-refractivity contribution >= 4 is 6.03 Å². The summed E-state index contributed by atoms with van der Waals surface area (Å²) in [6.07, 6.45) is 5.54. The smallest absolute Gasteiger partial charge is 0.317 e. The minimum absolute atomic E-state index is 0.0532. The molecule has 0 radical (unpaired) electrons. The summed E-state index contributed by atoms with van der Waals surface area (Å²) < 4.78 is 11.2. The van der Waals surface area contributed by atoms with E-state index in [1.807, 2.05) is 41.3 Å². The number of carbonyl (C=O) groups is 1. The highest BCUT2D eigenvalue weighted by molar-refractivity contribution is 5.74. The molecule has 1 saturated heterocycles. The molecule has 1 aromatic heterocycles. The molecule has 0 saturated carbocycles. The van der Waals surface area contributed by atoms with Crippen molar-refractivity contribution in [1.29, 1.82) is 0 Å². The van der Waals surface area contributed by atoms with Crippen molar-refractivity contribution in [1.82, 2.24) is 15.2 Å². The number of urea groups is 1. The summed E-state index contributed by atoms with van der Waals surface area (Å²) in [5, 5.41) is 2.98. The third kappa shape index (κ3) is 5.20. The highest BCUT2D eigenvalue weighted by atomic mass is 16.5. The van der Waals surface area contributed by atoms with Gasteiger partial charge in [-0.3, -0.25) is 4.98 Å². The van der Waals surface area contributed by atoms with Crippen LogP contribution in [0.15, 0.2) is 48.8 Å². The molecule has 1 aliphatic rings. The number of pyridine rings is 1. The van der Waals surface area contributed by atoms with Crippen molar-refractivity contribution in [2.45, 2.75) is 32.1 Å². The van der Waals surface area contributed by atoms with Gasteiger partial charge in [0, 0.05) is 32.0 Å². The number of benzene rings is 1. The Morgan fingerprint density at radius 1 is 1.31 bits per heavy atom. The minimum atomic E-state index is -0.0532. The molecule has 2 amide bonds. The second kappa shape index (κ2) is 9.20. The SMILES string of the molecule is COc1cccc(CNC(=O)N2CCCC(OCc3cccnc3)C2)c1. The maximum atomic E-state index is 12.5. The number of nitrogens with zero attached hydrogens (tertiary/aromatic N) is 2. The van der Waals surface area contributed by atoms with Crippen molar-refractivity contribution in [3.63, 3.8) is 0 Å². The van der Waals surface area contributed by atoms with E-state index in [1.165, 1.54) is 0 Å². The van der Waals surface area contributed by atoms with Crippen molar-refractivity contribution in [3.8, 4) is 5.75 Å². The first kappa shape index (κ1) is 18.2. The molecule has 3 rings (SSSR count). The zero-order chi connectivity index (χ0) is 18.2. The molecule has 138 valence electrons. The van der Waals surface area contributed by atoms with Crippen LogP contribution in [0.1, 0.15) is 24.0 Å². The van der Waals surface area contributed by atoms with Crippen LogP contribution < -0.4 is 10.1 Å². The molecule has 6 nitrogen and oxygen atoms in total. The zero-order valence-electron chi connectivity index (χ0n) is 15.1. The number of aromatic nitrogens is 1. The lowest BCUT2D eigenvalue weighted by molar-refractivity contribution is -0.000459. The molecule has 26 heavy (non-hydrogen) atoms. The second-order valence-corrected chi connectivity index (χ2v) is 6.39. The Kier molecular flexibility index (Phi) is 6.44. The van der Waals surface area contributed by atoms with Gasteiger partial charge in [-0.1, -0.05) is 18.2 Å². The predicted molar refractivity (Wildman–Crippen MR) is 98.9 cm³/mol. The molecule has 0 bridgehead atoms. The van der Waals surface area contributed by atoms with Crippen LogP contribution in [0.25, 0.3) is 0 Å². The summed E-state index contributed by atoms with van der Waals surface area (Å²) in [7, 11) is 1.64. The molecule has 1 unspecified atom stereocenters. The maximum absolute atomic E-state index is 12.5. The van der Waals surface area contributed by atoms with Crippen molar-refractivity contribution in [3.05, 3.63) is 59.9 Å². The van der Waals surface area contributed by atoms with Gasteiger partial charge >= 0.3 is 6.03 Å². The van der Waals surface area contributed by atoms with Gasteiger partial charge in [-0.15, -0.1) is 0 Å². The number of hydrogen-bond acceptors (Lipinski definition) is 4. The number of ether oxygens (including phenoxy) is 2. The van der Waals surface area contributed by atoms with Gasteiger partial charge < -0.3 is 19.7 Å². The third-order valence-corrected chi connectivity index (χ3v) is 4.45. The molecular weight excluding hydrogens is 330 g/mol. The monoisotopic (exact) mass is 355 g/mol. The number of likely N-dealkylation sites (tertiary alicyclic amines) is 1. The Hall–Kier alpha value is -2.60. The first-order valence-electron chi connectivity index (χ1n) is 8.91. The first-order chi connectivity index (χ1) is 12.7. The molecule has 0 spiro atoms. The molecule has 0 aliphatic carbocycles. The molecule has 1 fully saturated rings. The second-order valence-electron chi connectivity index (χ2n) is 6.39. The number of hydrogen-bond donors (Lipinski definition) is 1. The molecule has 2 aromatic rings. The van der Waals surface area contributed by atoms with Crippen LogP contribution in [0, 0.1) is 0 Å². The number of nitrogens with one attached hydrogen (secondary N) is 1. The fourth-order valence-electron chi connectivity index (χ4n) is 3.03. The van der Waals surface area contributed by atoms with Crippen LogP contribution in [0.5, 0.6) is 5.75 Å². The van der Waals surface area contributed by atoms with Gasteiger partial charge in [0.1, 0.15) is 5.75 Å². The first-order valence-corrected chi connectivity index (χ1v) is 8.91. The normalized spacial score (nSPS) is 17.0.